The average molecular weight is 252 g/mol. The summed E-state index contributed by atoms with van der Waals surface area (Å²) >= 11 is 0. The van der Waals surface area contributed by atoms with Crippen molar-refractivity contribution in [2.45, 2.75) is 12.5 Å². The first-order valence-electron chi connectivity index (χ1n) is 6.17. The lowest BCUT2D eigenvalue weighted by molar-refractivity contribution is 0.272. The molecule has 0 aliphatic carbocycles. The lowest BCUT2D eigenvalue weighted by Crippen LogP contribution is -2.24. The zero-order valence-corrected chi connectivity index (χ0v) is 12.0. The third-order valence-corrected chi connectivity index (χ3v) is 3.09. The molecule has 4 nitrogen and oxygen atoms in total. The first-order valence-corrected chi connectivity index (χ1v) is 6.17. The molecule has 0 radical (unpaired) electrons. The van der Waals surface area contributed by atoms with Crippen molar-refractivity contribution in [3.8, 4) is 11.5 Å². The molecular weight excluding hydrogens is 228 g/mol. The van der Waals surface area contributed by atoms with E-state index in [1.54, 1.807) is 14.2 Å². The minimum Gasteiger partial charge on any atom is -0.497 e. The molecule has 102 valence electrons. The van der Waals surface area contributed by atoms with Crippen LogP contribution in [0.1, 0.15) is 18.0 Å². The van der Waals surface area contributed by atoms with E-state index in [0.717, 1.165) is 30.0 Å². The molecular formula is C14H24N2O2. The fourth-order valence-corrected chi connectivity index (χ4v) is 2.07. The fourth-order valence-electron chi connectivity index (χ4n) is 2.07. The van der Waals surface area contributed by atoms with Gasteiger partial charge in [-0.25, -0.2) is 0 Å². The maximum atomic E-state index is 5.45. The standard InChI is InChI=1S/C14H24N2O2/c1-15-9-8-13(16(2)3)12-10-11(17-4)6-7-14(12)18-5/h6-7,10,13,15H,8-9H2,1-5H3. The first-order chi connectivity index (χ1) is 8.63. The number of rotatable bonds is 7. The second-order valence-corrected chi connectivity index (χ2v) is 4.48. The Morgan fingerprint density at radius 3 is 2.44 bits per heavy atom. The fraction of sp³-hybridized carbons (Fsp3) is 0.571. The van der Waals surface area contributed by atoms with Gasteiger partial charge in [0.05, 0.1) is 14.2 Å². The monoisotopic (exact) mass is 252 g/mol. The minimum absolute atomic E-state index is 0.308. The van der Waals surface area contributed by atoms with Crippen LogP contribution in [-0.4, -0.2) is 46.8 Å². The van der Waals surface area contributed by atoms with Crippen molar-refractivity contribution in [2.75, 3.05) is 41.9 Å². The largest absolute Gasteiger partial charge is 0.497 e. The van der Waals surface area contributed by atoms with E-state index in [1.165, 1.54) is 0 Å². The van der Waals surface area contributed by atoms with Gasteiger partial charge in [0.25, 0.3) is 0 Å². The highest BCUT2D eigenvalue weighted by molar-refractivity contribution is 5.42. The summed E-state index contributed by atoms with van der Waals surface area (Å²) in [5, 5.41) is 3.19. The Bertz CT molecular complexity index is 367. The molecule has 0 fully saturated rings. The molecule has 0 aromatic heterocycles. The molecule has 1 atom stereocenters. The second-order valence-electron chi connectivity index (χ2n) is 4.48. The van der Waals surface area contributed by atoms with Gasteiger partial charge < -0.3 is 19.7 Å². The highest BCUT2D eigenvalue weighted by Gasteiger charge is 2.18. The lowest BCUT2D eigenvalue weighted by atomic mass is 10.0. The summed E-state index contributed by atoms with van der Waals surface area (Å²) in [5.41, 5.74) is 1.16. The van der Waals surface area contributed by atoms with Crippen molar-refractivity contribution < 1.29 is 9.47 Å². The van der Waals surface area contributed by atoms with Crippen LogP contribution in [0.4, 0.5) is 0 Å². The van der Waals surface area contributed by atoms with Crippen molar-refractivity contribution in [3.05, 3.63) is 23.8 Å². The molecule has 0 saturated heterocycles. The van der Waals surface area contributed by atoms with Gasteiger partial charge in [0.15, 0.2) is 0 Å². The van der Waals surface area contributed by atoms with E-state index in [9.17, 15) is 0 Å². The number of ether oxygens (including phenoxy) is 2. The zero-order chi connectivity index (χ0) is 13.5. The van der Waals surface area contributed by atoms with Gasteiger partial charge in [-0.3, -0.25) is 0 Å². The third-order valence-electron chi connectivity index (χ3n) is 3.09. The van der Waals surface area contributed by atoms with Crippen molar-refractivity contribution in [1.82, 2.24) is 10.2 Å². The molecule has 1 aromatic rings. The molecule has 0 aliphatic rings. The number of benzene rings is 1. The van der Waals surface area contributed by atoms with Gasteiger partial charge in [0, 0.05) is 11.6 Å². The highest BCUT2D eigenvalue weighted by atomic mass is 16.5. The van der Waals surface area contributed by atoms with E-state index < -0.39 is 0 Å². The molecule has 0 spiro atoms. The van der Waals surface area contributed by atoms with Crippen LogP contribution >= 0.6 is 0 Å². The molecule has 0 saturated carbocycles. The smallest absolute Gasteiger partial charge is 0.123 e. The number of nitrogens with one attached hydrogen (secondary N) is 1. The Balaban J connectivity index is 3.07. The van der Waals surface area contributed by atoms with Crippen LogP contribution in [0.15, 0.2) is 18.2 Å². The Kier molecular flexibility index (Phi) is 5.95. The molecule has 1 N–H and O–H groups in total. The average Bonchev–Trinajstić information content (AvgIpc) is 2.38. The minimum atomic E-state index is 0.308. The van der Waals surface area contributed by atoms with E-state index in [4.69, 9.17) is 9.47 Å². The summed E-state index contributed by atoms with van der Waals surface area (Å²) in [4.78, 5) is 2.20. The normalized spacial score (nSPS) is 12.6. The second kappa shape index (κ2) is 7.24. The van der Waals surface area contributed by atoms with Crippen molar-refractivity contribution in [3.63, 3.8) is 0 Å². The van der Waals surface area contributed by atoms with Crippen LogP contribution in [0, 0.1) is 0 Å². The first kappa shape index (κ1) is 14.8. The van der Waals surface area contributed by atoms with Crippen molar-refractivity contribution >= 4 is 0 Å². The van der Waals surface area contributed by atoms with Gasteiger partial charge in [-0.15, -0.1) is 0 Å². The molecule has 4 heteroatoms. The SMILES string of the molecule is CNCCC(c1cc(OC)ccc1OC)N(C)C. The molecule has 0 bridgehead atoms. The molecule has 0 amide bonds. The van der Waals surface area contributed by atoms with Crippen LogP contribution < -0.4 is 14.8 Å². The van der Waals surface area contributed by atoms with Gasteiger partial charge in [-0.2, -0.15) is 0 Å². The number of hydrogen-bond acceptors (Lipinski definition) is 4. The summed E-state index contributed by atoms with van der Waals surface area (Å²) in [5.74, 6) is 1.77. The number of hydrogen-bond donors (Lipinski definition) is 1. The van der Waals surface area contributed by atoms with Crippen LogP contribution in [0.3, 0.4) is 0 Å². The van der Waals surface area contributed by atoms with Crippen LogP contribution in [0.5, 0.6) is 11.5 Å². The van der Waals surface area contributed by atoms with E-state index in [-0.39, 0.29) is 0 Å². The summed E-state index contributed by atoms with van der Waals surface area (Å²) in [6, 6.07) is 6.25. The predicted molar refractivity (Wildman–Crippen MR) is 74.5 cm³/mol. The van der Waals surface area contributed by atoms with Gasteiger partial charge in [-0.1, -0.05) is 0 Å². The predicted octanol–water partition coefficient (Wildman–Crippen LogP) is 1.92. The quantitative estimate of drug-likeness (QED) is 0.804. The molecule has 1 rings (SSSR count). The van der Waals surface area contributed by atoms with E-state index in [1.807, 2.05) is 19.2 Å². The van der Waals surface area contributed by atoms with Crippen LogP contribution in [-0.2, 0) is 0 Å². The van der Waals surface area contributed by atoms with Gasteiger partial charge >= 0.3 is 0 Å². The Labute approximate surface area is 110 Å². The number of methoxy groups -OCH3 is 2. The van der Waals surface area contributed by atoms with Gasteiger partial charge in [-0.05, 0) is 52.3 Å². The van der Waals surface area contributed by atoms with Crippen molar-refractivity contribution in [2.24, 2.45) is 0 Å². The van der Waals surface area contributed by atoms with Crippen LogP contribution in [0.2, 0.25) is 0 Å². The summed E-state index contributed by atoms with van der Waals surface area (Å²) in [6.45, 7) is 0.962. The molecule has 0 heterocycles. The Morgan fingerprint density at radius 1 is 1.22 bits per heavy atom. The Hall–Kier alpha value is -1.26. The van der Waals surface area contributed by atoms with Crippen LogP contribution in [0.25, 0.3) is 0 Å². The topological polar surface area (TPSA) is 33.7 Å². The summed E-state index contributed by atoms with van der Waals surface area (Å²) < 4.78 is 10.8. The van der Waals surface area contributed by atoms with Crippen molar-refractivity contribution in [1.29, 1.82) is 0 Å². The maximum Gasteiger partial charge on any atom is 0.123 e. The molecule has 1 aromatic carbocycles. The Morgan fingerprint density at radius 2 is 1.94 bits per heavy atom. The molecule has 1 unspecified atom stereocenters. The van der Waals surface area contributed by atoms with Gasteiger partial charge in [0.2, 0.25) is 0 Å². The van der Waals surface area contributed by atoms with E-state index in [2.05, 4.69) is 30.4 Å². The molecule has 0 aliphatic heterocycles. The maximum absolute atomic E-state index is 5.45. The molecule has 18 heavy (non-hydrogen) atoms. The third kappa shape index (κ3) is 3.62. The zero-order valence-electron chi connectivity index (χ0n) is 12.0. The van der Waals surface area contributed by atoms with E-state index >= 15 is 0 Å². The lowest BCUT2D eigenvalue weighted by Gasteiger charge is -2.26. The van der Waals surface area contributed by atoms with Gasteiger partial charge in [0.1, 0.15) is 11.5 Å². The number of nitrogens with zero attached hydrogens (tertiary/aromatic N) is 1. The highest BCUT2D eigenvalue weighted by Crippen LogP contribution is 2.33. The summed E-state index contributed by atoms with van der Waals surface area (Å²) in [7, 11) is 9.52. The van der Waals surface area contributed by atoms with E-state index in [0.29, 0.717) is 6.04 Å². The summed E-state index contributed by atoms with van der Waals surface area (Å²) in [6.07, 6.45) is 1.02.